The average Bonchev–Trinajstić information content (AvgIpc) is 3.14. The summed E-state index contributed by atoms with van der Waals surface area (Å²) >= 11 is 0. The number of sulfonamides is 1. The number of hydrogen-bond acceptors (Lipinski definition) is 4. The van der Waals surface area contributed by atoms with Gasteiger partial charge in [0.1, 0.15) is 11.4 Å². The van der Waals surface area contributed by atoms with Crippen LogP contribution in [-0.4, -0.2) is 24.9 Å². The SMILES string of the molecule is COc1ccc(-c2cn3cccc(C)c3n2)cc1NS(=O)(=O)c1ccccc1. The minimum atomic E-state index is -3.73. The van der Waals surface area contributed by atoms with Crippen molar-refractivity contribution in [3.63, 3.8) is 0 Å². The van der Waals surface area contributed by atoms with Crippen LogP contribution in [0.1, 0.15) is 5.56 Å². The number of imidazole rings is 1. The molecule has 0 aliphatic rings. The van der Waals surface area contributed by atoms with Crippen LogP contribution in [0, 0.1) is 6.92 Å². The molecule has 0 bridgehead atoms. The van der Waals surface area contributed by atoms with E-state index in [1.165, 1.54) is 7.11 Å². The summed E-state index contributed by atoms with van der Waals surface area (Å²) in [6, 6.07) is 17.5. The van der Waals surface area contributed by atoms with Crippen LogP contribution in [0.2, 0.25) is 0 Å². The van der Waals surface area contributed by atoms with Crippen molar-refractivity contribution in [2.24, 2.45) is 0 Å². The maximum Gasteiger partial charge on any atom is 0.262 e. The van der Waals surface area contributed by atoms with Gasteiger partial charge < -0.3 is 9.14 Å². The molecule has 6 nitrogen and oxygen atoms in total. The molecule has 0 spiro atoms. The molecule has 7 heteroatoms. The van der Waals surface area contributed by atoms with E-state index in [1.54, 1.807) is 42.5 Å². The average molecular weight is 393 g/mol. The molecule has 0 fully saturated rings. The molecule has 1 N–H and O–H groups in total. The Labute approximate surface area is 163 Å². The van der Waals surface area contributed by atoms with Crippen molar-refractivity contribution < 1.29 is 13.2 Å². The maximum absolute atomic E-state index is 12.7. The van der Waals surface area contributed by atoms with Gasteiger partial charge in [0, 0.05) is 18.0 Å². The molecular formula is C21H19N3O3S. The lowest BCUT2D eigenvalue weighted by Crippen LogP contribution is -2.13. The first-order valence-corrected chi connectivity index (χ1v) is 10.2. The first kappa shape index (κ1) is 18.1. The third-order valence-corrected chi connectivity index (χ3v) is 5.85. The number of pyridine rings is 1. The molecular weight excluding hydrogens is 374 g/mol. The second kappa shape index (κ2) is 7.01. The van der Waals surface area contributed by atoms with E-state index in [9.17, 15) is 8.42 Å². The highest BCUT2D eigenvalue weighted by atomic mass is 32.2. The van der Waals surface area contributed by atoms with E-state index >= 15 is 0 Å². The first-order chi connectivity index (χ1) is 13.5. The van der Waals surface area contributed by atoms with E-state index in [0.717, 1.165) is 22.5 Å². The van der Waals surface area contributed by atoms with Crippen molar-refractivity contribution in [2.75, 3.05) is 11.8 Å². The third kappa shape index (κ3) is 3.32. The number of rotatable bonds is 5. The van der Waals surface area contributed by atoms with Crippen LogP contribution in [0.25, 0.3) is 16.9 Å². The van der Waals surface area contributed by atoms with Gasteiger partial charge in [-0.3, -0.25) is 4.72 Å². The number of anilines is 1. The highest BCUT2D eigenvalue weighted by Crippen LogP contribution is 2.32. The zero-order valence-electron chi connectivity index (χ0n) is 15.5. The lowest BCUT2D eigenvalue weighted by molar-refractivity contribution is 0.417. The van der Waals surface area contributed by atoms with Gasteiger partial charge in [-0.2, -0.15) is 0 Å². The second-order valence-corrected chi connectivity index (χ2v) is 8.06. The van der Waals surface area contributed by atoms with Gasteiger partial charge in [-0.15, -0.1) is 0 Å². The number of fused-ring (bicyclic) bond motifs is 1. The number of ether oxygens (including phenoxy) is 1. The fraction of sp³-hybridized carbons (Fsp3) is 0.0952. The molecule has 0 amide bonds. The predicted octanol–water partition coefficient (Wildman–Crippen LogP) is 4.12. The highest BCUT2D eigenvalue weighted by Gasteiger charge is 2.17. The highest BCUT2D eigenvalue weighted by molar-refractivity contribution is 7.92. The number of nitrogens with one attached hydrogen (secondary N) is 1. The summed E-state index contributed by atoms with van der Waals surface area (Å²) in [5, 5.41) is 0. The summed E-state index contributed by atoms with van der Waals surface area (Å²) in [6.45, 7) is 2.00. The zero-order valence-corrected chi connectivity index (χ0v) is 16.3. The standard InChI is InChI=1S/C21H19N3O3S/c1-15-7-6-12-24-14-19(22-21(15)24)16-10-11-20(27-2)18(13-16)23-28(25,26)17-8-4-3-5-9-17/h3-14,23H,1-2H3. The number of hydrogen-bond donors (Lipinski definition) is 1. The van der Waals surface area contributed by atoms with Crippen molar-refractivity contribution in [1.29, 1.82) is 0 Å². The lowest BCUT2D eigenvalue weighted by atomic mass is 10.1. The van der Waals surface area contributed by atoms with Gasteiger partial charge in [-0.25, -0.2) is 13.4 Å². The zero-order chi connectivity index (χ0) is 19.7. The fourth-order valence-electron chi connectivity index (χ4n) is 3.04. The molecule has 2 aromatic heterocycles. The number of nitrogens with zero attached hydrogens (tertiary/aromatic N) is 2. The Bertz CT molecular complexity index is 1250. The van der Waals surface area contributed by atoms with Crippen molar-refractivity contribution in [3.05, 3.63) is 78.6 Å². The van der Waals surface area contributed by atoms with Gasteiger partial charge in [0.2, 0.25) is 0 Å². The van der Waals surface area contributed by atoms with Crippen LogP contribution < -0.4 is 9.46 Å². The largest absolute Gasteiger partial charge is 0.495 e. The fourth-order valence-corrected chi connectivity index (χ4v) is 4.13. The van der Waals surface area contributed by atoms with Gasteiger partial charge in [-0.05, 0) is 48.9 Å². The molecule has 2 aromatic carbocycles. The molecule has 4 rings (SSSR count). The summed E-state index contributed by atoms with van der Waals surface area (Å²) in [5.41, 5.74) is 3.82. The topological polar surface area (TPSA) is 72.7 Å². The Balaban J connectivity index is 1.76. The molecule has 0 atom stereocenters. The summed E-state index contributed by atoms with van der Waals surface area (Å²) in [5.74, 6) is 0.434. The van der Waals surface area contributed by atoms with Gasteiger partial charge in [-0.1, -0.05) is 24.3 Å². The Kier molecular flexibility index (Phi) is 4.52. The molecule has 0 unspecified atom stereocenters. The van der Waals surface area contributed by atoms with Gasteiger partial charge in [0.05, 0.1) is 23.4 Å². The predicted molar refractivity (Wildman–Crippen MR) is 109 cm³/mol. The lowest BCUT2D eigenvalue weighted by Gasteiger charge is -2.13. The Hall–Kier alpha value is -3.32. The van der Waals surface area contributed by atoms with Crippen LogP contribution >= 0.6 is 0 Å². The summed E-state index contributed by atoms with van der Waals surface area (Å²) < 4.78 is 35.3. The number of aromatic nitrogens is 2. The molecule has 28 heavy (non-hydrogen) atoms. The molecule has 0 radical (unpaired) electrons. The molecule has 0 aliphatic heterocycles. The van der Waals surface area contributed by atoms with E-state index < -0.39 is 10.0 Å². The van der Waals surface area contributed by atoms with E-state index in [0.29, 0.717) is 11.4 Å². The van der Waals surface area contributed by atoms with Crippen molar-refractivity contribution in [3.8, 4) is 17.0 Å². The van der Waals surface area contributed by atoms with E-state index in [2.05, 4.69) is 9.71 Å². The second-order valence-electron chi connectivity index (χ2n) is 6.38. The Morgan fingerprint density at radius 1 is 1.04 bits per heavy atom. The van der Waals surface area contributed by atoms with Crippen molar-refractivity contribution in [2.45, 2.75) is 11.8 Å². The normalized spacial score (nSPS) is 11.5. The smallest absolute Gasteiger partial charge is 0.262 e. The number of aryl methyl sites for hydroxylation is 1. The van der Waals surface area contributed by atoms with Crippen LogP contribution in [0.4, 0.5) is 5.69 Å². The summed E-state index contributed by atoms with van der Waals surface area (Å²) in [4.78, 5) is 4.86. The van der Waals surface area contributed by atoms with Crippen LogP contribution in [-0.2, 0) is 10.0 Å². The van der Waals surface area contributed by atoms with Crippen molar-refractivity contribution in [1.82, 2.24) is 9.38 Å². The molecule has 0 aliphatic carbocycles. The van der Waals surface area contributed by atoms with Gasteiger partial charge >= 0.3 is 0 Å². The van der Waals surface area contributed by atoms with Crippen molar-refractivity contribution >= 4 is 21.4 Å². The summed E-state index contributed by atoms with van der Waals surface area (Å²) in [6.07, 6.45) is 3.85. The minimum Gasteiger partial charge on any atom is -0.495 e. The van der Waals surface area contributed by atoms with E-state index in [1.807, 2.05) is 41.9 Å². The monoisotopic (exact) mass is 393 g/mol. The van der Waals surface area contributed by atoms with E-state index in [4.69, 9.17) is 4.74 Å². The van der Waals surface area contributed by atoms with E-state index in [-0.39, 0.29) is 4.90 Å². The molecule has 0 saturated carbocycles. The molecule has 2 heterocycles. The van der Waals surface area contributed by atoms with Crippen LogP contribution in [0.15, 0.2) is 78.0 Å². The Morgan fingerprint density at radius 2 is 1.82 bits per heavy atom. The number of benzene rings is 2. The first-order valence-electron chi connectivity index (χ1n) is 8.68. The van der Waals surface area contributed by atoms with Crippen LogP contribution in [0.5, 0.6) is 5.75 Å². The molecule has 142 valence electrons. The quantitative estimate of drug-likeness (QED) is 0.554. The maximum atomic E-state index is 12.7. The minimum absolute atomic E-state index is 0.186. The van der Waals surface area contributed by atoms with Gasteiger partial charge in [0.25, 0.3) is 10.0 Å². The van der Waals surface area contributed by atoms with Gasteiger partial charge in [0.15, 0.2) is 0 Å². The third-order valence-electron chi connectivity index (χ3n) is 4.47. The Morgan fingerprint density at radius 3 is 2.54 bits per heavy atom. The summed E-state index contributed by atoms with van der Waals surface area (Å²) in [7, 11) is -2.23. The number of methoxy groups -OCH3 is 1. The molecule has 4 aromatic rings. The molecule has 0 saturated heterocycles. The van der Waals surface area contributed by atoms with Crippen LogP contribution in [0.3, 0.4) is 0 Å².